The van der Waals surface area contributed by atoms with E-state index in [1.807, 2.05) is 64.1 Å². The quantitative estimate of drug-likeness (QED) is 0.709. The zero-order valence-electron chi connectivity index (χ0n) is 15.4. The van der Waals surface area contributed by atoms with E-state index in [0.717, 1.165) is 28.0 Å². The van der Waals surface area contributed by atoms with Gasteiger partial charge in [0.2, 0.25) is 0 Å². The van der Waals surface area contributed by atoms with Crippen LogP contribution in [-0.2, 0) is 0 Å². The third-order valence-corrected chi connectivity index (χ3v) is 4.99. The number of nitrogens with zero attached hydrogens (tertiary/aromatic N) is 2. The summed E-state index contributed by atoms with van der Waals surface area (Å²) in [5.74, 6) is 0. The number of anilines is 1. The average molecular weight is 360 g/mol. The normalized spacial score (nSPS) is 20.4. The molecule has 2 nitrogen and oxygen atoms in total. The van der Waals surface area contributed by atoms with Crippen molar-refractivity contribution < 1.29 is 13.2 Å². The third-order valence-electron chi connectivity index (χ3n) is 4.99. The van der Waals surface area contributed by atoms with Crippen molar-refractivity contribution in [3.63, 3.8) is 0 Å². The summed E-state index contributed by atoms with van der Waals surface area (Å²) in [5, 5.41) is 0. The number of hydrogen-bond donors (Lipinski definition) is 0. The molecule has 0 aromatic heterocycles. The Balaban J connectivity index is 2.23. The van der Waals surface area contributed by atoms with Crippen LogP contribution in [0.2, 0.25) is 0 Å². The van der Waals surface area contributed by atoms with Gasteiger partial charge in [0.05, 0.1) is 11.8 Å². The molecule has 0 radical (unpaired) electrons. The Hall–Kier alpha value is -2.30. The highest BCUT2D eigenvalue weighted by atomic mass is 19.4. The second kappa shape index (κ2) is 6.78. The molecule has 2 atom stereocenters. The Morgan fingerprint density at radius 3 is 2.35 bits per heavy atom. The maximum atomic E-state index is 13.3. The number of aliphatic imine (C=N–C) groups is 1. The van der Waals surface area contributed by atoms with Gasteiger partial charge in [-0.25, -0.2) is 0 Å². The summed E-state index contributed by atoms with van der Waals surface area (Å²) in [4.78, 5) is 6.30. The van der Waals surface area contributed by atoms with E-state index < -0.39 is 12.7 Å². The zero-order valence-corrected chi connectivity index (χ0v) is 15.4. The summed E-state index contributed by atoms with van der Waals surface area (Å²) in [6.07, 6.45) is -4.27. The van der Waals surface area contributed by atoms with Crippen LogP contribution in [0.4, 0.5) is 18.9 Å². The lowest BCUT2D eigenvalue weighted by Crippen LogP contribution is -2.44. The molecular weight excluding hydrogens is 337 g/mol. The SMILES string of the molecule is Cc1ccc2c(c1)C(c1ccccc1C)=NC(C)C(C)N2CC(F)(F)F. The van der Waals surface area contributed by atoms with Gasteiger partial charge in [-0.05, 0) is 45.4 Å². The molecule has 2 unspecified atom stereocenters. The van der Waals surface area contributed by atoms with Gasteiger partial charge in [0.25, 0.3) is 0 Å². The van der Waals surface area contributed by atoms with Crippen LogP contribution >= 0.6 is 0 Å². The highest BCUT2D eigenvalue weighted by molar-refractivity contribution is 6.17. The summed E-state index contributed by atoms with van der Waals surface area (Å²) in [5.41, 5.74) is 5.15. The van der Waals surface area contributed by atoms with Gasteiger partial charge in [0.1, 0.15) is 6.54 Å². The predicted molar refractivity (Wildman–Crippen MR) is 100 cm³/mol. The second-order valence-corrected chi connectivity index (χ2v) is 7.04. The van der Waals surface area contributed by atoms with Crippen LogP contribution in [-0.4, -0.2) is 30.5 Å². The lowest BCUT2D eigenvalue weighted by molar-refractivity contribution is -0.120. The molecule has 138 valence electrons. The topological polar surface area (TPSA) is 15.6 Å². The van der Waals surface area contributed by atoms with E-state index >= 15 is 0 Å². The monoisotopic (exact) mass is 360 g/mol. The molecule has 1 heterocycles. The van der Waals surface area contributed by atoms with Gasteiger partial charge in [-0.2, -0.15) is 13.2 Å². The van der Waals surface area contributed by atoms with Crippen LogP contribution in [0.3, 0.4) is 0 Å². The first-order chi connectivity index (χ1) is 12.2. The molecule has 0 N–H and O–H groups in total. The summed E-state index contributed by atoms with van der Waals surface area (Å²) in [6, 6.07) is 12.8. The van der Waals surface area contributed by atoms with Crippen molar-refractivity contribution in [3.05, 3.63) is 64.7 Å². The van der Waals surface area contributed by atoms with E-state index in [9.17, 15) is 13.2 Å². The molecule has 5 heteroatoms. The molecule has 2 aromatic rings. The minimum Gasteiger partial charge on any atom is -0.357 e. The van der Waals surface area contributed by atoms with Crippen molar-refractivity contribution in [1.29, 1.82) is 0 Å². The Kier molecular flexibility index (Phi) is 4.82. The summed E-state index contributed by atoms with van der Waals surface area (Å²) < 4.78 is 39.8. The Bertz CT molecular complexity index is 839. The van der Waals surface area contributed by atoms with E-state index in [1.165, 1.54) is 4.90 Å². The molecule has 1 aliphatic rings. The first kappa shape index (κ1) is 18.5. The van der Waals surface area contributed by atoms with Crippen molar-refractivity contribution in [2.75, 3.05) is 11.4 Å². The Morgan fingerprint density at radius 2 is 1.69 bits per heavy atom. The van der Waals surface area contributed by atoms with Gasteiger partial charge in [-0.3, -0.25) is 4.99 Å². The number of hydrogen-bond acceptors (Lipinski definition) is 2. The van der Waals surface area contributed by atoms with Crippen LogP contribution in [0.1, 0.15) is 36.1 Å². The second-order valence-electron chi connectivity index (χ2n) is 7.04. The maximum absolute atomic E-state index is 13.3. The van der Waals surface area contributed by atoms with Crippen LogP contribution in [0.5, 0.6) is 0 Å². The molecule has 0 spiro atoms. The maximum Gasteiger partial charge on any atom is 0.405 e. The van der Waals surface area contributed by atoms with Gasteiger partial charge in [-0.15, -0.1) is 0 Å². The molecule has 3 rings (SSSR count). The number of alkyl halides is 3. The van der Waals surface area contributed by atoms with Crippen molar-refractivity contribution in [1.82, 2.24) is 0 Å². The van der Waals surface area contributed by atoms with Crippen LogP contribution in [0.15, 0.2) is 47.5 Å². The van der Waals surface area contributed by atoms with Gasteiger partial charge in [0.15, 0.2) is 0 Å². The summed E-state index contributed by atoms with van der Waals surface area (Å²) in [6.45, 7) is 6.65. The Morgan fingerprint density at radius 1 is 1.00 bits per heavy atom. The minimum absolute atomic E-state index is 0.264. The first-order valence-electron chi connectivity index (χ1n) is 8.75. The van der Waals surface area contributed by atoms with Crippen LogP contribution < -0.4 is 4.90 Å². The number of rotatable bonds is 2. The molecular formula is C21H23F3N2. The third kappa shape index (κ3) is 3.62. The van der Waals surface area contributed by atoms with Crippen molar-refractivity contribution in [2.45, 2.75) is 46.0 Å². The fraction of sp³-hybridized carbons (Fsp3) is 0.381. The first-order valence-corrected chi connectivity index (χ1v) is 8.75. The van der Waals surface area contributed by atoms with E-state index in [4.69, 9.17) is 4.99 Å². The predicted octanol–water partition coefficient (Wildman–Crippen LogP) is 5.30. The average Bonchev–Trinajstić information content (AvgIpc) is 2.65. The molecule has 26 heavy (non-hydrogen) atoms. The summed E-state index contributed by atoms with van der Waals surface area (Å²) in [7, 11) is 0. The molecule has 2 aromatic carbocycles. The number of benzene rings is 2. The number of aryl methyl sites for hydroxylation is 2. The molecule has 0 fully saturated rings. The van der Waals surface area contributed by atoms with Crippen LogP contribution in [0.25, 0.3) is 0 Å². The lowest BCUT2D eigenvalue weighted by atomic mass is 9.95. The van der Waals surface area contributed by atoms with Gasteiger partial charge in [0, 0.05) is 22.9 Å². The molecule has 0 saturated heterocycles. The minimum atomic E-state index is -4.27. The van der Waals surface area contributed by atoms with E-state index in [0.29, 0.717) is 5.69 Å². The van der Waals surface area contributed by atoms with E-state index in [2.05, 4.69) is 0 Å². The Labute approximate surface area is 152 Å². The largest absolute Gasteiger partial charge is 0.405 e. The lowest BCUT2D eigenvalue weighted by Gasteiger charge is -2.33. The van der Waals surface area contributed by atoms with Crippen molar-refractivity contribution >= 4 is 11.4 Å². The number of fused-ring (bicyclic) bond motifs is 1. The number of benzodiazepines with no additional fused rings is 1. The molecule has 0 saturated carbocycles. The van der Waals surface area contributed by atoms with Gasteiger partial charge >= 0.3 is 6.18 Å². The fourth-order valence-corrected chi connectivity index (χ4v) is 3.43. The zero-order chi connectivity index (χ0) is 19.1. The standard InChI is InChI=1S/C21H23F3N2/c1-13-9-10-19-18(11-13)20(17-8-6-5-7-14(17)2)25-15(3)16(4)26(19)12-21(22,23)24/h5-11,15-16H,12H2,1-4H3. The molecule has 0 amide bonds. The highest BCUT2D eigenvalue weighted by Gasteiger charge is 2.37. The van der Waals surface area contributed by atoms with E-state index in [-0.39, 0.29) is 12.1 Å². The fourth-order valence-electron chi connectivity index (χ4n) is 3.43. The molecule has 0 aliphatic carbocycles. The molecule has 1 aliphatic heterocycles. The van der Waals surface area contributed by atoms with Gasteiger partial charge < -0.3 is 4.90 Å². The van der Waals surface area contributed by atoms with Crippen molar-refractivity contribution in [2.24, 2.45) is 4.99 Å². The van der Waals surface area contributed by atoms with Crippen LogP contribution in [0, 0.1) is 13.8 Å². The molecule has 0 bridgehead atoms. The van der Waals surface area contributed by atoms with Gasteiger partial charge in [-0.1, -0.05) is 35.9 Å². The smallest absolute Gasteiger partial charge is 0.357 e. The highest BCUT2D eigenvalue weighted by Crippen LogP contribution is 2.34. The van der Waals surface area contributed by atoms with Crippen molar-refractivity contribution in [3.8, 4) is 0 Å². The summed E-state index contributed by atoms with van der Waals surface area (Å²) >= 11 is 0. The number of halogens is 3. The van der Waals surface area contributed by atoms with E-state index in [1.54, 1.807) is 6.07 Å².